The molecule has 2 heterocycles. The fraction of sp³-hybridized carbons (Fsp3) is 0.909. The molecule has 0 bridgehead atoms. The Labute approximate surface area is 91.4 Å². The van der Waals surface area contributed by atoms with Gasteiger partial charge in [-0.15, -0.1) is 0 Å². The highest BCUT2D eigenvalue weighted by Crippen LogP contribution is 2.11. The van der Waals surface area contributed by atoms with Crippen LogP contribution in [0, 0.1) is 0 Å². The molecule has 2 aliphatic rings. The van der Waals surface area contributed by atoms with Gasteiger partial charge in [0.1, 0.15) is 0 Å². The molecule has 0 radical (unpaired) electrons. The Bertz CT molecular complexity index is 226. The molecule has 86 valence electrons. The monoisotopic (exact) mass is 211 g/mol. The summed E-state index contributed by atoms with van der Waals surface area (Å²) in [6.45, 7) is 5.09. The third-order valence-electron chi connectivity index (χ3n) is 3.46. The number of nitrogens with one attached hydrogen (secondary N) is 2. The van der Waals surface area contributed by atoms with Crippen LogP contribution in [0.5, 0.6) is 0 Å². The van der Waals surface area contributed by atoms with Gasteiger partial charge in [0.25, 0.3) is 0 Å². The minimum Gasteiger partial charge on any atom is -0.334 e. The molecule has 0 aliphatic carbocycles. The van der Waals surface area contributed by atoms with E-state index in [-0.39, 0.29) is 6.03 Å². The molecule has 15 heavy (non-hydrogen) atoms. The number of urea groups is 1. The van der Waals surface area contributed by atoms with Crippen LogP contribution in [-0.2, 0) is 0 Å². The number of carbonyl (C=O) groups excluding carboxylic acids is 1. The highest BCUT2D eigenvalue weighted by atomic mass is 16.2. The van der Waals surface area contributed by atoms with E-state index in [2.05, 4.69) is 17.6 Å². The topological polar surface area (TPSA) is 44.4 Å². The third-order valence-corrected chi connectivity index (χ3v) is 3.46. The lowest BCUT2D eigenvalue weighted by Crippen LogP contribution is -2.54. The van der Waals surface area contributed by atoms with Crippen LogP contribution in [0.3, 0.4) is 0 Å². The van der Waals surface area contributed by atoms with Crippen molar-refractivity contribution in [2.24, 2.45) is 0 Å². The Kier molecular flexibility index (Phi) is 3.46. The van der Waals surface area contributed by atoms with Gasteiger partial charge in [-0.05, 0) is 39.2 Å². The molecule has 0 spiro atoms. The standard InChI is InChI=1S/C11H21N3O/c1-9-10(5-4-6-12-9)13-11(15)14-7-2-3-8-14/h9-10,12H,2-8H2,1H3,(H,13,15). The average molecular weight is 211 g/mol. The van der Waals surface area contributed by atoms with Gasteiger partial charge in [0.2, 0.25) is 0 Å². The molecule has 2 rings (SSSR count). The highest BCUT2D eigenvalue weighted by molar-refractivity contribution is 5.74. The fourth-order valence-corrected chi connectivity index (χ4v) is 2.41. The van der Waals surface area contributed by atoms with Gasteiger partial charge < -0.3 is 15.5 Å². The Morgan fingerprint density at radius 1 is 1.33 bits per heavy atom. The Morgan fingerprint density at radius 3 is 2.73 bits per heavy atom. The summed E-state index contributed by atoms with van der Waals surface area (Å²) in [5.41, 5.74) is 0. The quantitative estimate of drug-likeness (QED) is 0.678. The SMILES string of the molecule is CC1NCCCC1NC(=O)N1CCCC1. The molecule has 0 aromatic carbocycles. The van der Waals surface area contributed by atoms with Crippen molar-refractivity contribution < 1.29 is 4.79 Å². The molecular weight excluding hydrogens is 190 g/mol. The van der Waals surface area contributed by atoms with Crippen LogP contribution in [0.1, 0.15) is 32.6 Å². The molecule has 4 heteroatoms. The number of hydrogen-bond donors (Lipinski definition) is 2. The van der Waals surface area contributed by atoms with E-state index in [9.17, 15) is 4.79 Å². The Hall–Kier alpha value is -0.770. The maximum atomic E-state index is 11.8. The Balaban J connectivity index is 1.81. The van der Waals surface area contributed by atoms with E-state index in [1.54, 1.807) is 0 Å². The second-order valence-corrected chi connectivity index (χ2v) is 4.64. The molecule has 2 N–H and O–H groups in total. The summed E-state index contributed by atoms with van der Waals surface area (Å²) in [6, 6.07) is 0.852. The first-order valence-corrected chi connectivity index (χ1v) is 6.06. The molecule has 2 unspecified atom stereocenters. The van der Waals surface area contributed by atoms with E-state index in [0.29, 0.717) is 12.1 Å². The third kappa shape index (κ3) is 2.62. The molecule has 0 aromatic heterocycles. The average Bonchev–Trinajstić information content (AvgIpc) is 2.74. The van der Waals surface area contributed by atoms with Crippen molar-refractivity contribution in [2.45, 2.75) is 44.7 Å². The summed E-state index contributed by atoms with van der Waals surface area (Å²) < 4.78 is 0. The first-order valence-electron chi connectivity index (χ1n) is 6.06. The van der Waals surface area contributed by atoms with Crippen molar-refractivity contribution in [3.05, 3.63) is 0 Å². The Morgan fingerprint density at radius 2 is 2.07 bits per heavy atom. The predicted octanol–water partition coefficient (Wildman–Crippen LogP) is 0.932. The number of hydrogen-bond acceptors (Lipinski definition) is 2. The lowest BCUT2D eigenvalue weighted by atomic mass is 10.0. The summed E-state index contributed by atoms with van der Waals surface area (Å²) >= 11 is 0. The second-order valence-electron chi connectivity index (χ2n) is 4.64. The lowest BCUT2D eigenvalue weighted by molar-refractivity contribution is 0.197. The first kappa shape index (κ1) is 10.7. The molecule has 4 nitrogen and oxygen atoms in total. The van der Waals surface area contributed by atoms with Gasteiger partial charge in [-0.3, -0.25) is 0 Å². The number of carbonyl (C=O) groups is 1. The van der Waals surface area contributed by atoms with Crippen LogP contribution in [0.25, 0.3) is 0 Å². The van der Waals surface area contributed by atoms with Crippen LogP contribution >= 0.6 is 0 Å². The zero-order valence-electron chi connectivity index (χ0n) is 9.46. The van der Waals surface area contributed by atoms with Crippen LogP contribution < -0.4 is 10.6 Å². The maximum Gasteiger partial charge on any atom is 0.317 e. The molecule has 2 amide bonds. The number of amides is 2. The van der Waals surface area contributed by atoms with Crippen LogP contribution in [-0.4, -0.2) is 42.6 Å². The van der Waals surface area contributed by atoms with Gasteiger partial charge in [-0.2, -0.15) is 0 Å². The van der Waals surface area contributed by atoms with Gasteiger partial charge in [0, 0.05) is 25.2 Å². The minimum atomic E-state index is 0.132. The smallest absolute Gasteiger partial charge is 0.317 e. The number of likely N-dealkylation sites (tertiary alicyclic amines) is 1. The van der Waals surface area contributed by atoms with Gasteiger partial charge in [-0.25, -0.2) is 4.79 Å². The highest BCUT2D eigenvalue weighted by Gasteiger charge is 2.25. The normalized spacial score (nSPS) is 31.7. The van der Waals surface area contributed by atoms with E-state index in [0.717, 1.165) is 45.3 Å². The van der Waals surface area contributed by atoms with Crippen molar-refractivity contribution >= 4 is 6.03 Å². The van der Waals surface area contributed by atoms with Crippen molar-refractivity contribution in [1.29, 1.82) is 0 Å². The second kappa shape index (κ2) is 4.84. The fourth-order valence-electron chi connectivity index (χ4n) is 2.41. The molecule has 2 aliphatic heterocycles. The summed E-state index contributed by atoms with van der Waals surface area (Å²) in [5.74, 6) is 0. The maximum absolute atomic E-state index is 11.8. The van der Waals surface area contributed by atoms with Crippen molar-refractivity contribution in [3.8, 4) is 0 Å². The van der Waals surface area contributed by atoms with Gasteiger partial charge >= 0.3 is 6.03 Å². The van der Waals surface area contributed by atoms with Crippen molar-refractivity contribution in [3.63, 3.8) is 0 Å². The van der Waals surface area contributed by atoms with E-state index >= 15 is 0 Å². The van der Waals surface area contributed by atoms with Crippen LogP contribution in [0.2, 0.25) is 0 Å². The zero-order valence-corrected chi connectivity index (χ0v) is 9.46. The van der Waals surface area contributed by atoms with Crippen molar-refractivity contribution in [2.75, 3.05) is 19.6 Å². The van der Waals surface area contributed by atoms with E-state index in [1.165, 1.54) is 0 Å². The minimum absolute atomic E-state index is 0.132. The van der Waals surface area contributed by atoms with E-state index < -0.39 is 0 Å². The lowest BCUT2D eigenvalue weighted by Gasteiger charge is -2.32. The van der Waals surface area contributed by atoms with E-state index in [1.807, 2.05) is 4.90 Å². The summed E-state index contributed by atoms with van der Waals surface area (Å²) in [7, 11) is 0. The van der Waals surface area contributed by atoms with Gasteiger partial charge in [-0.1, -0.05) is 0 Å². The summed E-state index contributed by atoms with van der Waals surface area (Å²) in [6.07, 6.45) is 4.58. The largest absolute Gasteiger partial charge is 0.334 e. The van der Waals surface area contributed by atoms with Gasteiger partial charge in [0.05, 0.1) is 0 Å². The van der Waals surface area contributed by atoms with Gasteiger partial charge in [0.15, 0.2) is 0 Å². The first-order chi connectivity index (χ1) is 7.27. The predicted molar refractivity (Wildman–Crippen MR) is 59.8 cm³/mol. The van der Waals surface area contributed by atoms with E-state index in [4.69, 9.17) is 0 Å². The van der Waals surface area contributed by atoms with Crippen LogP contribution in [0.15, 0.2) is 0 Å². The summed E-state index contributed by atoms with van der Waals surface area (Å²) in [4.78, 5) is 13.8. The molecule has 0 aromatic rings. The molecule has 2 saturated heterocycles. The number of piperidine rings is 1. The molecular formula is C11H21N3O. The molecule has 2 atom stereocenters. The molecule has 2 fully saturated rings. The van der Waals surface area contributed by atoms with Crippen LogP contribution in [0.4, 0.5) is 4.79 Å². The summed E-state index contributed by atoms with van der Waals surface area (Å²) in [5, 5.41) is 6.53. The van der Waals surface area contributed by atoms with Crippen molar-refractivity contribution in [1.82, 2.24) is 15.5 Å². The zero-order chi connectivity index (χ0) is 10.7. The molecule has 0 saturated carbocycles. The number of nitrogens with zero attached hydrogens (tertiary/aromatic N) is 1. The number of rotatable bonds is 1.